The summed E-state index contributed by atoms with van der Waals surface area (Å²) in [6.45, 7) is -0.963. The Hall–Kier alpha value is -1.81. The third-order valence-corrected chi connectivity index (χ3v) is 3.57. The summed E-state index contributed by atoms with van der Waals surface area (Å²) in [7, 11) is 1.52. The van der Waals surface area contributed by atoms with E-state index in [1.54, 1.807) is 30.3 Å². The monoisotopic (exact) mass is 497 g/mol. The van der Waals surface area contributed by atoms with Crippen LogP contribution >= 0.6 is 35.6 Å². The summed E-state index contributed by atoms with van der Waals surface area (Å²) in [6, 6.07) is 9.95. The summed E-state index contributed by atoms with van der Waals surface area (Å²) < 4.78 is 34.5. The van der Waals surface area contributed by atoms with Crippen molar-refractivity contribution in [2.75, 3.05) is 12.4 Å². The first-order valence-electron chi connectivity index (χ1n) is 7.34. The highest BCUT2D eigenvalue weighted by atomic mass is 127. The molecule has 0 amide bonds. The van der Waals surface area contributed by atoms with Crippen LogP contribution in [-0.4, -0.2) is 19.7 Å². The number of ether oxygens (including phenoxy) is 2. The van der Waals surface area contributed by atoms with E-state index in [0.29, 0.717) is 22.0 Å². The van der Waals surface area contributed by atoms with E-state index in [2.05, 4.69) is 15.0 Å². The van der Waals surface area contributed by atoms with Gasteiger partial charge in [-0.05, 0) is 31.2 Å². The Bertz CT molecular complexity index is 776. The standard InChI is InChI=1S/C17H18ClF2N3O2.HI/c1-10-3-5-14(25-16(19)20)11(7-10)9-22-17(21)23-12-4-6-15(24-2)13(18)8-12;/h3-8,16H,9H2,1-2H3,(H3,21,22,23);1H. The molecule has 0 unspecified atom stereocenters. The molecule has 0 bridgehead atoms. The number of anilines is 1. The number of aryl methyl sites for hydroxylation is 1. The third kappa shape index (κ3) is 6.49. The van der Waals surface area contributed by atoms with Crippen LogP contribution in [0.3, 0.4) is 0 Å². The van der Waals surface area contributed by atoms with Crippen molar-refractivity contribution in [1.29, 1.82) is 0 Å². The number of halogens is 4. The molecule has 0 aliphatic rings. The average Bonchev–Trinajstić information content (AvgIpc) is 2.55. The Balaban J connectivity index is 0.00000338. The summed E-state index contributed by atoms with van der Waals surface area (Å²) in [5, 5.41) is 3.30. The van der Waals surface area contributed by atoms with E-state index >= 15 is 0 Å². The Morgan fingerprint density at radius 2 is 1.92 bits per heavy atom. The number of alkyl halides is 2. The Kier molecular flexibility index (Phi) is 8.86. The van der Waals surface area contributed by atoms with Crippen LogP contribution in [0.25, 0.3) is 0 Å². The molecule has 0 saturated carbocycles. The van der Waals surface area contributed by atoms with Gasteiger partial charge in [-0.25, -0.2) is 4.99 Å². The van der Waals surface area contributed by atoms with Crippen LogP contribution in [0, 0.1) is 6.92 Å². The number of nitrogens with two attached hydrogens (primary N) is 1. The van der Waals surface area contributed by atoms with Crippen molar-refractivity contribution in [1.82, 2.24) is 0 Å². The van der Waals surface area contributed by atoms with Gasteiger partial charge in [0.05, 0.1) is 18.7 Å². The van der Waals surface area contributed by atoms with E-state index in [9.17, 15) is 8.78 Å². The molecule has 2 aromatic carbocycles. The second-order valence-corrected chi connectivity index (χ2v) is 5.57. The number of hydrogen-bond acceptors (Lipinski definition) is 3. The molecule has 9 heteroatoms. The molecule has 26 heavy (non-hydrogen) atoms. The van der Waals surface area contributed by atoms with Gasteiger partial charge >= 0.3 is 6.61 Å². The summed E-state index contributed by atoms with van der Waals surface area (Å²) in [6.07, 6.45) is 0. The molecule has 142 valence electrons. The van der Waals surface area contributed by atoms with Gasteiger partial charge < -0.3 is 20.5 Å². The fourth-order valence-electron chi connectivity index (χ4n) is 2.14. The fourth-order valence-corrected chi connectivity index (χ4v) is 2.40. The number of hydrogen-bond donors (Lipinski definition) is 2. The van der Waals surface area contributed by atoms with E-state index < -0.39 is 6.61 Å². The second kappa shape index (κ2) is 10.4. The Morgan fingerprint density at radius 3 is 2.54 bits per heavy atom. The van der Waals surface area contributed by atoms with Crippen LogP contribution in [0.1, 0.15) is 11.1 Å². The molecule has 0 saturated heterocycles. The smallest absolute Gasteiger partial charge is 0.387 e. The van der Waals surface area contributed by atoms with Crippen molar-refractivity contribution in [3.63, 3.8) is 0 Å². The van der Waals surface area contributed by atoms with Crippen LogP contribution in [0.2, 0.25) is 5.02 Å². The predicted octanol–water partition coefficient (Wildman–Crippen LogP) is 4.80. The number of aliphatic imine (C=N–C) groups is 1. The zero-order valence-electron chi connectivity index (χ0n) is 14.1. The van der Waals surface area contributed by atoms with Gasteiger partial charge in [0.25, 0.3) is 0 Å². The van der Waals surface area contributed by atoms with Crippen molar-refractivity contribution in [2.45, 2.75) is 20.1 Å². The predicted molar refractivity (Wildman–Crippen MR) is 110 cm³/mol. The van der Waals surface area contributed by atoms with Crippen molar-refractivity contribution in [3.8, 4) is 11.5 Å². The van der Waals surface area contributed by atoms with E-state index in [4.69, 9.17) is 22.1 Å². The van der Waals surface area contributed by atoms with Crippen molar-refractivity contribution >= 4 is 47.2 Å². The molecule has 0 aliphatic carbocycles. The lowest BCUT2D eigenvalue weighted by Crippen LogP contribution is -2.22. The van der Waals surface area contributed by atoms with Gasteiger partial charge in [0.2, 0.25) is 0 Å². The Labute approximate surface area is 172 Å². The molecule has 0 radical (unpaired) electrons. The quantitative estimate of drug-likeness (QED) is 0.342. The highest BCUT2D eigenvalue weighted by Crippen LogP contribution is 2.27. The number of methoxy groups -OCH3 is 1. The number of nitrogens with one attached hydrogen (secondary N) is 1. The zero-order valence-corrected chi connectivity index (χ0v) is 17.2. The highest BCUT2D eigenvalue weighted by Gasteiger charge is 2.10. The summed E-state index contributed by atoms with van der Waals surface area (Å²) in [4.78, 5) is 4.16. The van der Waals surface area contributed by atoms with E-state index in [0.717, 1.165) is 5.56 Å². The fraction of sp³-hybridized carbons (Fsp3) is 0.235. The van der Waals surface area contributed by atoms with Gasteiger partial charge in [0, 0.05) is 11.3 Å². The van der Waals surface area contributed by atoms with Crippen LogP contribution in [0.5, 0.6) is 11.5 Å². The zero-order chi connectivity index (χ0) is 18.4. The minimum Gasteiger partial charge on any atom is -0.495 e. The minimum absolute atomic E-state index is 0. The average molecular weight is 498 g/mol. The summed E-state index contributed by atoms with van der Waals surface area (Å²) >= 11 is 6.04. The van der Waals surface area contributed by atoms with Gasteiger partial charge in [0.15, 0.2) is 5.96 Å². The van der Waals surface area contributed by atoms with Crippen molar-refractivity contribution in [2.24, 2.45) is 10.7 Å². The molecule has 0 atom stereocenters. The highest BCUT2D eigenvalue weighted by molar-refractivity contribution is 14.0. The topological polar surface area (TPSA) is 68.9 Å². The van der Waals surface area contributed by atoms with E-state index in [1.807, 2.05) is 6.92 Å². The molecule has 0 aliphatic heterocycles. The molecule has 2 rings (SSSR count). The van der Waals surface area contributed by atoms with Crippen LogP contribution in [0.4, 0.5) is 14.5 Å². The van der Waals surface area contributed by atoms with E-state index in [-0.39, 0.29) is 42.2 Å². The van der Waals surface area contributed by atoms with Crippen LogP contribution in [-0.2, 0) is 6.54 Å². The first kappa shape index (κ1) is 22.2. The minimum atomic E-state index is -2.90. The van der Waals surface area contributed by atoms with Gasteiger partial charge in [-0.2, -0.15) is 8.78 Å². The number of nitrogens with zero attached hydrogens (tertiary/aromatic N) is 1. The SMILES string of the molecule is COc1ccc(NC(N)=NCc2cc(C)ccc2OC(F)F)cc1Cl.I. The van der Waals surface area contributed by atoms with Gasteiger partial charge in [0.1, 0.15) is 11.5 Å². The lowest BCUT2D eigenvalue weighted by Gasteiger charge is -2.11. The van der Waals surface area contributed by atoms with Crippen molar-refractivity contribution in [3.05, 3.63) is 52.5 Å². The molecule has 0 heterocycles. The second-order valence-electron chi connectivity index (χ2n) is 5.17. The molecule has 3 N–H and O–H groups in total. The first-order chi connectivity index (χ1) is 11.9. The third-order valence-electron chi connectivity index (χ3n) is 3.28. The molecule has 2 aromatic rings. The van der Waals surface area contributed by atoms with Gasteiger partial charge in [-0.15, -0.1) is 24.0 Å². The number of guanidine groups is 1. The van der Waals surface area contributed by atoms with Crippen molar-refractivity contribution < 1.29 is 18.3 Å². The molecular formula is C17H19ClF2IN3O2. The molecule has 5 nitrogen and oxygen atoms in total. The maximum atomic E-state index is 12.5. The van der Waals surface area contributed by atoms with E-state index in [1.165, 1.54) is 13.2 Å². The normalized spacial score (nSPS) is 11.1. The first-order valence-corrected chi connectivity index (χ1v) is 7.71. The van der Waals surface area contributed by atoms with Gasteiger partial charge in [-0.3, -0.25) is 0 Å². The number of rotatable bonds is 6. The number of benzene rings is 2. The van der Waals surface area contributed by atoms with Crippen LogP contribution < -0.4 is 20.5 Å². The van der Waals surface area contributed by atoms with Crippen LogP contribution in [0.15, 0.2) is 41.4 Å². The molecule has 0 spiro atoms. The molecule has 0 aromatic heterocycles. The Morgan fingerprint density at radius 1 is 1.23 bits per heavy atom. The summed E-state index contributed by atoms with van der Waals surface area (Å²) in [5.41, 5.74) is 7.88. The lowest BCUT2D eigenvalue weighted by atomic mass is 10.1. The maximum absolute atomic E-state index is 12.5. The largest absolute Gasteiger partial charge is 0.495 e. The summed E-state index contributed by atoms with van der Waals surface area (Å²) in [5.74, 6) is 0.728. The van der Waals surface area contributed by atoms with Gasteiger partial charge in [-0.1, -0.05) is 29.3 Å². The molecular weight excluding hydrogens is 479 g/mol. The molecule has 0 fully saturated rings. The maximum Gasteiger partial charge on any atom is 0.387 e. The lowest BCUT2D eigenvalue weighted by molar-refractivity contribution is -0.0504.